The molecule has 194 valence electrons. The molecule has 0 amide bonds. The number of aliphatic imine (C=N–C) groups is 1. The van der Waals surface area contributed by atoms with Gasteiger partial charge in [-0.1, -0.05) is 103 Å². The largest absolute Gasteiger partial charge is 0.308 e. The third-order valence-electron chi connectivity index (χ3n) is 8.09. The maximum atomic E-state index is 11.0. The third kappa shape index (κ3) is 4.23. The Morgan fingerprint density at radius 3 is 2.00 bits per heavy atom. The van der Waals surface area contributed by atoms with Gasteiger partial charge >= 0.3 is 0 Å². The molecule has 6 nitrogen and oxygen atoms in total. The highest BCUT2D eigenvalue weighted by atomic mass is 35.5. The van der Waals surface area contributed by atoms with Crippen molar-refractivity contribution in [3.8, 4) is 12.1 Å². The average Bonchev–Trinajstić information content (AvgIpc) is 2.97. The Balaban J connectivity index is 1.47. The van der Waals surface area contributed by atoms with Crippen LogP contribution in [0.4, 0.5) is 0 Å². The minimum Gasteiger partial charge on any atom is -0.308 e. The Morgan fingerprint density at radius 1 is 0.821 bits per heavy atom. The first-order valence-electron chi connectivity index (χ1n) is 13.0. The van der Waals surface area contributed by atoms with E-state index in [0.717, 1.165) is 11.1 Å². The Morgan fingerprint density at radius 2 is 1.38 bits per heavy atom. The molecule has 3 heterocycles. The molecule has 3 aliphatic heterocycles. The number of nitriles is 2. The summed E-state index contributed by atoms with van der Waals surface area (Å²) >= 11 is 13.0. The van der Waals surface area contributed by atoms with Crippen molar-refractivity contribution in [1.82, 2.24) is 14.7 Å². The second-order valence-electron chi connectivity index (χ2n) is 10.6. The maximum Gasteiger partial charge on any atom is 0.136 e. The monoisotopic (exact) mass is 550 g/mol. The van der Waals surface area contributed by atoms with Gasteiger partial charge in [-0.05, 0) is 22.8 Å². The van der Waals surface area contributed by atoms with Gasteiger partial charge in [0.05, 0.1) is 25.5 Å². The highest BCUT2D eigenvalue weighted by molar-refractivity contribution is 7.80. The normalized spacial score (nSPS) is 26.7. The van der Waals surface area contributed by atoms with Gasteiger partial charge in [0.1, 0.15) is 21.7 Å². The fraction of sp³-hybridized carbons (Fsp3) is 0.290. The van der Waals surface area contributed by atoms with Crippen LogP contribution >= 0.6 is 23.8 Å². The van der Waals surface area contributed by atoms with Gasteiger partial charge in [0.2, 0.25) is 0 Å². The number of thiocarbonyl (C=S) groups is 1. The topological polar surface area (TPSA) is 69.7 Å². The lowest BCUT2D eigenvalue weighted by atomic mass is 9.53. The standard InChI is InChI=1S/C31H27ClN6S/c32-26-14-8-7-13-25(26)27-30(17-33)19-36(15-23-9-3-1-4-10-23)20-31(27,18-34)29(39)38-22-37(21-35-28(30)38)16-24-11-5-2-6-12-24/h1-14,27H,15-16,19-22H2/t27-,30+,31-/m0/s1. The van der Waals surface area contributed by atoms with Crippen LogP contribution in [0.25, 0.3) is 0 Å². The molecular weight excluding hydrogens is 524 g/mol. The van der Waals surface area contributed by atoms with E-state index < -0.39 is 16.7 Å². The molecule has 2 bridgehead atoms. The van der Waals surface area contributed by atoms with Crippen molar-refractivity contribution in [2.45, 2.75) is 19.0 Å². The molecule has 3 aliphatic rings. The highest BCUT2D eigenvalue weighted by Crippen LogP contribution is 2.59. The van der Waals surface area contributed by atoms with E-state index in [-0.39, 0.29) is 0 Å². The summed E-state index contributed by atoms with van der Waals surface area (Å²) in [6.45, 7) is 3.06. The molecule has 3 aromatic rings. The van der Waals surface area contributed by atoms with Crippen molar-refractivity contribution in [2.24, 2.45) is 15.8 Å². The summed E-state index contributed by atoms with van der Waals surface area (Å²) in [5.74, 6) is 0.108. The lowest BCUT2D eigenvalue weighted by molar-refractivity contribution is 0.0525. The van der Waals surface area contributed by atoms with Gasteiger partial charge in [0, 0.05) is 37.1 Å². The van der Waals surface area contributed by atoms with Crippen LogP contribution < -0.4 is 0 Å². The zero-order valence-corrected chi connectivity index (χ0v) is 22.9. The number of benzene rings is 3. The van der Waals surface area contributed by atoms with Crippen LogP contribution in [0.1, 0.15) is 22.6 Å². The first-order valence-corrected chi connectivity index (χ1v) is 13.8. The van der Waals surface area contributed by atoms with Crippen LogP contribution in [0.2, 0.25) is 5.02 Å². The SMILES string of the molecule is N#C[C@]12CN(Cc3ccccc3)C[C@](C#N)(C(=S)N3CN(Cc4ccccc4)CN=C31)[C@H]2c1ccccc1Cl. The number of halogens is 1. The predicted octanol–water partition coefficient (Wildman–Crippen LogP) is 5.43. The fourth-order valence-corrected chi connectivity index (χ4v) is 7.15. The van der Waals surface area contributed by atoms with E-state index in [0.29, 0.717) is 55.4 Å². The minimum atomic E-state index is -1.14. The van der Waals surface area contributed by atoms with Crippen molar-refractivity contribution in [2.75, 3.05) is 26.4 Å². The molecule has 39 heavy (non-hydrogen) atoms. The molecule has 0 N–H and O–H groups in total. The van der Waals surface area contributed by atoms with Crippen LogP contribution in [0.5, 0.6) is 0 Å². The van der Waals surface area contributed by atoms with E-state index in [9.17, 15) is 10.5 Å². The number of fused-ring (bicyclic) bond motifs is 4. The molecule has 0 aliphatic carbocycles. The summed E-state index contributed by atoms with van der Waals surface area (Å²) in [7, 11) is 0. The van der Waals surface area contributed by atoms with E-state index in [2.05, 4.69) is 46.2 Å². The minimum absolute atomic E-state index is 0.402. The van der Waals surface area contributed by atoms with Gasteiger partial charge in [0.25, 0.3) is 0 Å². The smallest absolute Gasteiger partial charge is 0.136 e. The number of hydrogen-bond acceptors (Lipinski definition) is 6. The molecule has 2 saturated heterocycles. The van der Waals surface area contributed by atoms with Crippen LogP contribution in [0.3, 0.4) is 0 Å². The average molecular weight is 551 g/mol. The molecule has 0 spiro atoms. The van der Waals surface area contributed by atoms with Gasteiger partial charge in [-0.3, -0.25) is 14.8 Å². The van der Waals surface area contributed by atoms with Gasteiger partial charge in [-0.2, -0.15) is 10.5 Å². The van der Waals surface area contributed by atoms with Gasteiger partial charge in [0.15, 0.2) is 0 Å². The van der Waals surface area contributed by atoms with Crippen molar-refractivity contribution in [3.05, 3.63) is 107 Å². The van der Waals surface area contributed by atoms with Crippen molar-refractivity contribution in [1.29, 1.82) is 10.5 Å². The zero-order chi connectivity index (χ0) is 27.0. The van der Waals surface area contributed by atoms with E-state index in [4.69, 9.17) is 28.8 Å². The first-order chi connectivity index (χ1) is 19.0. The van der Waals surface area contributed by atoms with Crippen LogP contribution in [-0.4, -0.2) is 52.0 Å². The zero-order valence-electron chi connectivity index (χ0n) is 21.4. The number of nitrogens with zero attached hydrogens (tertiary/aromatic N) is 6. The molecule has 2 fully saturated rings. The number of amidine groups is 1. The van der Waals surface area contributed by atoms with Gasteiger partial charge in [-0.25, -0.2) is 0 Å². The summed E-state index contributed by atoms with van der Waals surface area (Å²) in [5.41, 5.74) is 0.827. The van der Waals surface area contributed by atoms with Crippen LogP contribution in [0, 0.1) is 33.5 Å². The number of rotatable bonds is 5. The van der Waals surface area contributed by atoms with E-state index >= 15 is 0 Å². The summed E-state index contributed by atoms with van der Waals surface area (Å²) < 4.78 is 0. The summed E-state index contributed by atoms with van der Waals surface area (Å²) in [5, 5.41) is 22.6. The van der Waals surface area contributed by atoms with Crippen molar-refractivity contribution < 1.29 is 0 Å². The van der Waals surface area contributed by atoms with E-state index in [1.54, 1.807) is 0 Å². The first kappa shape index (κ1) is 25.7. The van der Waals surface area contributed by atoms with E-state index in [1.165, 1.54) is 5.56 Å². The molecular formula is C31H27ClN6S. The highest BCUT2D eigenvalue weighted by Gasteiger charge is 2.68. The van der Waals surface area contributed by atoms with E-state index in [1.807, 2.05) is 65.6 Å². The molecule has 0 radical (unpaired) electrons. The van der Waals surface area contributed by atoms with Gasteiger partial charge < -0.3 is 4.90 Å². The molecule has 6 rings (SSSR count). The molecule has 8 heteroatoms. The summed E-state index contributed by atoms with van der Waals surface area (Å²) in [6, 6.07) is 33.2. The molecule has 3 atom stereocenters. The molecule has 3 aromatic carbocycles. The van der Waals surface area contributed by atoms with Crippen LogP contribution in [0.15, 0.2) is 89.9 Å². The lowest BCUT2D eigenvalue weighted by Gasteiger charge is -2.60. The Kier molecular flexibility index (Phi) is 6.71. The lowest BCUT2D eigenvalue weighted by Crippen LogP contribution is -2.73. The Bertz CT molecular complexity index is 1510. The summed E-state index contributed by atoms with van der Waals surface area (Å²) in [6.07, 6.45) is 0. The number of hydrogen-bond donors (Lipinski definition) is 0. The fourth-order valence-electron chi connectivity index (χ4n) is 6.54. The Hall–Kier alpha value is -3.59. The maximum absolute atomic E-state index is 11.0. The second-order valence-corrected chi connectivity index (χ2v) is 11.4. The van der Waals surface area contributed by atoms with Gasteiger partial charge in [-0.15, -0.1) is 0 Å². The Labute approximate surface area is 239 Å². The molecule has 0 unspecified atom stereocenters. The molecule has 0 aromatic heterocycles. The van der Waals surface area contributed by atoms with Crippen LogP contribution in [-0.2, 0) is 13.1 Å². The number of piperidine rings is 2. The van der Waals surface area contributed by atoms with Crippen molar-refractivity contribution >= 4 is 34.6 Å². The third-order valence-corrected chi connectivity index (χ3v) is 9.02. The van der Waals surface area contributed by atoms with Crippen molar-refractivity contribution in [3.63, 3.8) is 0 Å². The number of likely N-dealkylation sites (tertiary alicyclic amines) is 1. The molecule has 0 saturated carbocycles. The quantitative estimate of drug-likeness (QED) is 0.394. The summed E-state index contributed by atoms with van der Waals surface area (Å²) in [4.78, 5) is 11.9. The predicted molar refractivity (Wildman–Crippen MR) is 156 cm³/mol. The second kappa shape index (κ2) is 10.2.